The van der Waals surface area contributed by atoms with Crippen molar-refractivity contribution in [3.63, 3.8) is 0 Å². The maximum Gasteiger partial charge on any atom is 0.191 e. The van der Waals surface area contributed by atoms with Crippen LogP contribution in [0.5, 0.6) is 0 Å². The summed E-state index contributed by atoms with van der Waals surface area (Å²) in [6.45, 7) is 10.2. The quantitative estimate of drug-likeness (QED) is 0.290. The van der Waals surface area contributed by atoms with E-state index in [0.29, 0.717) is 6.54 Å². The van der Waals surface area contributed by atoms with Crippen molar-refractivity contribution in [2.45, 2.75) is 52.2 Å². The summed E-state index contributed by atoms with van der Waals surface area (Å²) in [5, 5.41) is 11.5. The van der Waals surface area contributed by atoms with Gasteiger partial charge in [-0.2, -0.15) is 0 Å². The molecule has 0 spiro atoms. The third kappa shape index (κ3) is 8.15. The summed E-state index contributed by atoms with van der Waals surface area (Å²) in [7, 11) is 1.79. The second-order valence-electron chi connectivity index (χ2n) is 7.01. The number of halogens is 1. The summed E-state index contributed by atoms with van der Waals surface area (Å²) in [5.41, 5.74) is 1.21. The van der Waals surface area contributed by atoms with E-state index in [-0.39, 0.29) is 35.6 Å². The average Bonchev–Trinajstić information content (AvgIpc) is 3.10. The number of nitrogens with zero attached hydrogens (tertiary/aromatic N) is 2. The molecular weight excluding hydrogens is 469 g/mol. The van der Waals surface area contributed by atoms with Crippen LogP contribution < -0.4 is 16.0 Å². The van der Waals surface area contributed by atoms with E-state index in [1.54, 1.807) is 18.4 Å². The number of nitrogens with one attached hydrogen (secondary N) is 3. The fourth-order valence-corrected chi connectivity index (χ4v) is 3.54. The van der Waals surface area contributed by atoms with Crippen LogP contribution in [0, 0.1) is 0 Å². The van der Waals surface area contributed by atoms with Gasteiger partial charge in [-0.15, -0.1) is 35.3 Å². The lowest BCUT2D eigenvalue weighted by molar-refractivity contribution is 0.345. The summed E-state index contributed by atoms with van der Waals surface area (Å²) in [4.78, 5) is 10.1. The predicted molar refractivity (Wildman–Crippen MR) is 127 cm³/mol. The van der Waals surface area contributed by atoms with Crippen LogP contribution in [0.2, 0.25) is 0 Å². The van der Waals surface area contributed by atoms with Crippen LogP contribution in [0.1, 0.15) is 49.2 Å². The number of aryl methyl sites for hydroxylation is 1. The molecule has 1 heterocycles. The summed E-state index contributed by atoms with van der Waals surface area (Å²) in [5.74, 6) is 0.792. The molecule has 0 aliphatic heterocycles. The zero-order chi connectivity index (χ0) is 19.0. The van der Waals surface area contributed by atoms with Crippen molar-refractivity contribution in [1.82, 2.24) is 20.9 Å². The fraction of sp³-hybridized carbons (Fsp3) is 0.500. The molecule has 1 aromatic heterocycles. The lowest BCUT2D eigenvalue weighted by Gasteiger charge is -2.31. The first-order chi connectivity index (χ1) is 12.4. The minimum Gasteiger partial charge on any atom is -0.355 e. The Bertz CT molecular complexity index is 699. The van der Waals surface area contributed by atoms with E-state index in [0.717, 1.165) is 23.9 Å². The van der Waals surface area contributed by atoms with Gasteiger partial charge in [0.05, 0.1) is 6.54 Å². The van der Waals surface area contributed by atoms with E-state index in [9.17, 15) is 0 Å². The molecular formula is C20H32IN5S. The highest BCUT2D eigenvalue weighted by molar-refractivity contribution is 14.0. The smallest absolute Gasteiger partial charge is 0.191 e. The first kappa shape index (κ1) is 23.8. The summed E-state index contributed by atoms with van der Waals surface area (Å²) >= 11 is 1.75. The molecule has 5 nitrogen and oxygen atoms in total. The highest BCUT2D eigenvalue weighted by atomic mass is 127. The van der Waals surface area contributed by atoms with Crippen molar-refractivity contribution in [3.05, 3.63) is 52.0 Å². The maximum atomic E-state index is 4.44. The second kappa shape index (κ2) is 11.6. The monoisotopic (exact) mass is 501 g/mol. The van der Waals surface area contributed by atoms with Gasteiger partial charge >= 0.3 is 0 Å². The Hall–Kier alpha value is -1.19. The number of benzene rings is 1. The third-order valence-electron chi connectivity index (χ3n) is 4.19. The van der Waals surface area contributed by atoms with Crippen LogP contribution in [-0.2, 0) is 13.0 Å². The fourth-order valence-electron chi connectivity index (χ4n) is 2.74. The van der Waals surface area contributed by atoms with Crippen LogP contribution in [0.3, 0.4) is 0 Å². The van der Waals surface area contributed by atoms with Gasteiger partial charge in [0.1, 0.15) is 5.01 Å². The van der Waals surface area contributed by atoms with Crippen molar-refractivity contribution >= 4 is 41.3 Å². The highest BCUT2D eigenvalue weighted by Gasteiger charge is 2.21. The molecule has 0 saturated carbocycles. The summed E-state index contributed by atoms with van der Waals surface area (Å²) in [6, 6.07) is 10.8. The molecule has 27 heavy (non-hydrogen) atoms. The normalized spacial score (nSPS) is 13.0. The van der Waals surface area contributed by atoms with Gasteiger partial charge in [-0.05, 0) is 32.8 Å². The molecule has 1 unspecified atom stereocenters. The number of aliphatic imine (C=N–C) groups is 1. The zero-order valence-corrected chi connectivity index (χ0v) is 20.0. The van der Waals surface area contributed by atoms with Crippen molar-refractivity contribution in [1.29, 1.82) is 0 Å². The molecule has 1 aromatic carbocycles. The Labute approximate surface area is 184 Å². The minimum absolute atomic E-state index is 0. The number of guanidine groups is 1. The molecule has 0 aliphatic rings. The first-order valence-electron chi connectivity index (χ1n) is 9.14. The van der Waals surface area contributed by atoms with Gasteiger partial charge in [-0.25, -0.2) is 4.98 Å². The Morgan fingerprint density at radius 1 is 1.22 bits per heavy atom. The molecule has 7 heteroatoms. The van der Waals surface area contributed by atoms with E-state index in [2.05, 4.69) is 77.9 Å². The molecule has 0 aliphatic carbocycles. The van der Waals surface area contributed by atoms with Crippen LogP contribution in [0.4, 0.5) is 0 Å². The number of hydrogen-bond donors (Lipinski definition) is 3. The van der Waals surface area contributed by atoms with Crippen LogP contribution in [0.25, 0.3) is 0 Å². The van der Waals surface area contributed by atoms with Gasteiger partial charge in [0.15, 0.2) is 5.96 Å². The summed E-state index contributed by atoms with van der Waals surface area (Å²) < 4.78 is 0. The van der Waals surface area contributed by atoms with Crippen LogP contribution in [-0.4, -0.2) is 30.1 Å². The van der Waals surface area contributed by atoms with E-state index >= 15 is 0 Å². The van der Waals surface area contributed by atoms with Gasteiger partial charge in [-0.3, -0.25) is 4.99 Å². The molecule has 0 amide bonds. The standard InChI is InChI=1S/C20H31N5S.HI/c1-6-17-12-22-18(26-17)13-23-19(21-5)24-14-20(3,4)25-15(2)16-10-8-7-9-11-16;/h7-12,15,25H,6,13-14H2,1-5H3,(H2,21,23,24);1H. The lowest BCUT2D eigenvalue weighted by Crippen LogP contribution is -2.52. The SMILES string of the molecule is CCc1cnc(CNC(=NC)NCC(C)(C)NC(C)c2ccccc2)s1.I. The largest absolute Gasteiger partial charge is 0.355 e. The molecule has 0 fully saturated rings. The van der Waals surface area contributed by atoms with Crippen molar-refractivity contribution in [3.8, 4) is 0 Å². The molecule has 0 saturated heterocycles. The van der Waals surface area contributed by atoms with Gasteiger partial charge in [0.25, 0.3) is 0 Å². The van der Waals surface area contributed by atoms with Gasteiger partial charge < -0.3 is 16.0 Å². The molecule has 1 atom stereocenters. The van der Waals surface area contributed by atoms with Gasteiger partial charge in [0, 0.05) is 36.2 Å². The number of rotatable bonds is 8. The first-order valence-corrected chi connectivity index (χ1v) is 9.96. The van der Waals surface area contributed by atoms with Crippen LogP contribution in [0.15, 0.2) is 41.5 Å². The minimum atomic E-state index is -0.0799. The Morgan fingerprint density at radius 2 is 1.93 bits per heavy atom. The molecule has 0 bridgehead atoms. The van der Waals surface area contributed by atoms with Crippen LogP contribution >= 0.6 is 35.3 Å². The van der Waals surface area contributed by atoms with E-state index in [1.807, 2.05) is 12.3 Å². The van der Waals surface area contributed by atoms with E-state index in [1.165, 1.54) is 10.4 Å². The molecule has 2 aromatic rings. The molecule has 2 rings (SSSR count). The Kier molecular flexibility index (Phi) is 10.3. The van der Waals surface area contributed by atoms with Gasteiger partial charge in [-0.1, -0.05) is 37.3 Å². The predicted octanol–water partition coefficient (Wildman–Crippen LogP) is 4.12. The lowest BCUT2D eigenvalue weighted by atomic mass is 10.0. The molecule has 0 radical (unpaired) electrons. The molecule has 150 valence electrons. The van der Waals surface area contributed by atoms with Crippen molar-refractivity contribution in [2.24, 2.45) is 4.99 Å². The average molecular weight is 501 g/mol. The van der Waals surface area contributed by atoms with Crippen molar-refractivity contribution < 1.29 is 0 Å². The van der Waals surface area contributed by atoms with Crippen molar-refractivity contribution in [2.75, 3.05) is 13.6 Å². The van der Waals surface area contributed by atoms with E-state index < -0.39 is 0 Å². The Morgan fingerprint density at radius 3 is 2.52 bits per heavy atom. The summed E-state index contributed by atoms with van der Waals surface area (Å²) in [6.07, 6.45) is 2.99. The number of aromatic nitrogens is 1. The zero-order valence-electron chi connectivity index (χ0n) is 16.9. The number of hydrogen-bond acceptors (Lipinski definition) is 4. The topological polar surface area (TPSA) is 61.3 Å². The van der Waals surface area contributed by atoms with E-state index in [4.69, 9.17) is 0 Å². The molecule has 3 N–H and O–H groups in total. The Balaban J connectivity index is 0.00000364. The third-order valence-corrected chi connectivity index (χ3v) is 5.33. The number of thiazole rings is 1. The van der Waals surface area contributed by atoms with Gasteiger partial charge in [0.2, 0.25) is 0 Å². The highest BCUT2D eigenvalue weighted by Crippen LogP contribution is 2.16. The second-order valence-corrected chi connectivity index (χ2v) is 8.21. The maximum absolute atomic E-state index is 4.44.